The van der Waals surface area contributed by atoms with Gasteiger partial charge in [-0.05, 0) is 50.3 Å². The number of nitrogens with one attached hydrogen (secondary N) is 2. The van der Waals surface area contributed by atoms with Crippen molar-refractivity contribution in [3.63, 3.8) is 0 Å². The molecule has 4 rings (SSSR count). The van der Waals surface area contributed by atoms with E-state index in [0.29, 0.717) is 13.2 Å². The number of alkyl carbamates (subject to hydrolysis) is 1. The third kappa shape index (κ3) is 8.07. The molecule has 8 nitrogen and oxygen atoms in total. The number of nitrogens with zero attached hydrogens (tertiary/aromatic N) is 1. The summed E-state index contributed by atoms with van der Waals surface area (Å²) in [6.45, 7) is 6.32. The average molecular weight is 570 g/mol. The number of rotatable bonds is 10. The first kappa shape index (κ1) is 30.5. The lowest BCUT2D eigenvalue weighted by Crippen LogP contribution is -2.48. The SMILES string of the molecule is CC(C)(C)OC(=O)N[C@H](/C=C/C(=O)N1CCCO1)CCC(=O)NC(c1ccccc1)(c1ccccc1)c1ccccc1. The standard InChI is InChI=1S/C34H39N3O5/c1-33(2,3)42-32(40)35-29(21-23-31(39)37-24-13-25-41-37)20-22-30(38)36-34(26-14-7-4-8-15-26,27-16-9-5-10-17-27)28-18-11-6-12-19-28/h4-12,14-19,21,23,29H,13,20,22,24-25H2,1-3H3,(H,35,40)(H,36,38)/b23-21+/t29-/m0/s1. The Bertz CT molecular complexity index is 1250. The van der Waals surface area contributed by atoms with Crippen LogP contribution in [0, 0.1) is 0 Å². The van der Waals surface area contributed by atoms with Gasteiger partial charge < -0.3 is 15.4 Å². The number of hydrogen-bond donors (Lipinski definition) is 2. The summed E-state index contributed by atoms with van der Waals surface area (Å²) in [6.07, 6.45) is 3.41. The van der Waals surface area contributed by atoms with E-state index in [1.54, 1.807) is 26.8 Å². The molecular formula is C34H39N3O5. The van der Waals surface area contributed by atoms with Gasteiger partial charge in [0.2, 0.25) is 5.91 Å². The average Bonchev–Trinajstić information content (AvgIpc) is 3.53. The molecule has 2 N–H and O–H groups in total. The number of hydroxylamine groups is 2. The second kappa shape index (κ2) is 14.0. The fraction of sp³-hybridized carbons (Fsp3) is 0.324. The molecule has 1 aliphatic heterocycles. The molecule has 0 spiro atoms. The summed E-state index contributed by atoms with van der Waals surface area (Å²) in [6, 6.07) is 28.9. The van der Waals surface area contributed by atoms with Crippen LogP contribution in [0.4, 0.5) is 4.79 Å². The summed E-state index contributed by atoms with van der Waals surface area (Å²) in [5.74, 6) is -0.533. The highest BCUT2D eigenvalue weighted by Crippen LogP contribution is 2.37. The maximum Gasteiger partial charge on any atom is 0.408 e. The molecule has 1 aliphatic rings. The highest BCUT2D eigenvalue weighted by molar-refractivity contribution is 5.87. The molecule has 3 aromatic rings. The summed E-state index contributed by atoms with van der Waals surface area (Å²) in [7, 11) is 0. The van der Waals surface area contributed by atoms with Gasteiger partial charge in [-0.1, -0.05) is 97.1 Å². The second-order valence-electron chi connectivity index (χ2n) is 11.2. The van der Waals surface area contributed by atoms with Crippen LogP contribution in [0.1, 0.15) is 56.7 Å². The summed E-state index contributed by atoms with van der Waals surface area (Å²) in [4.78, 5) is 44.3. The molecule has 1 fully saturated rings. The molecule has 0 saturated carbocycles. The Kier molecular flexibility index (Phi) is 10.1. The van der Waals surface area contributed by atoms with Crippen molar-refractivity contribution >= 4 is 17.9 Å². The number of benzene rings is 3. The van der Waals surface area contributed by atoms with Gasteiger partial charge in [-0.15, -0.1) is 0 Å². The van der Waals surface area contributed by atoms with Crippen molar-refractivity contribution in [2.45, 2.75) is 57.2 Å². The Morgan fingerprint density at radius 2 is 1.40 bits per heavy atom. The van der Waals surface area contributed by atoms with Gasteiger partial charge in [0.25, 0.3) is 5.91 Å². The number of ether oxygens (including phenoxy) is 1. The van der Waals surface area contributed by atoms with Crippen LogP contribution in [0.2, 0.25) is 0 Å². The first-order valence-electron chi connectivity index (χ1n) is 14.3. The normalized spacial score (nSPS) is 14.4. The van der Waals surface area contributed by atoms with E-state index in [2.05, 4.69) is 10.6 Å². The van der Waals surface area contributed by atoms with Crippen molar-refractivity contribution in [2.75, 3.05) is 13.2 Å². The minimum absolute atomic E-state index is 0.0768. The monoisotopic (exact) mass is 569 g/mol. The Morgan fingerprint density at radius 1 is 0.881 bits per heavy atom. The van der Waals surface area contributed by atoms with Crippen LogP contribution >= 0.6 is 0 Å². The number of carbonyl (C=O) groups is 3. The molecule has 220 valence electrons. The van der Waals surface area contributed by atoms with Gasteiger partial charge in [0.15, 0.2) is 0 Å². The van der Waals surface area contributed by atoms with E-state index in [9.17, 15) is 14.4 Å². The van der Waals surface area contributed by atoms with E-state index < -0.39 is 23.3 Å². The van der Waals surface area contributed by atoms with Crippen LogP contribution in [0.25, 0.3) is 0 Å². The minimum Gasteiger partial charge on any atom is -0.444 e. The van der Waals surface area contributed by atoms with Gasteiger partial charge >= 0.3 is 6.09 Å². The van der Waals surface area contributed by atoms with Crippen molar-refractivity contribution in [2.24, 2.45) is 0 Å². The fourth-order valence-electron chi connectivity index (χ4n) is 4.92. The molecule has 1 heterocycles. The van der Waals surface area contributed by atoms with E-state index in [4.69, 9.17) is 9.57 Å². The van der Waals surface area contributed by atoms with Crippen LogP contribution < -0.4 is 10.6 Å². The molecule has 0 bridgehead atoms. The highest BCUT2D eigenvalue weighted by atomic mass is 16.7. The number of amides is 3. The van der Waals surface area contributed by atoms with Crippen LogP contribution in [-0.4, -0.2) is 47.8 Å². The van der Waals surface area contributed by atoms with E-state index in [-0.39, 0.29) is 24.7 Å². The molecule has 3 amide bonds. The Balaban J connectivity index is 1.59. The molecule has 0 unspecified atom stereocenters. The summed E-state index contributed by atoms with van der Waals surface area (Å²) in [5.41, 5.74) is 1.09. The van der Waals surface area contributed by atoms with Crippen molar-refractivity contribution in [3.8, 4) is 0 Å². The maximum absolute atomic E-state index is 13.8. The van der Waals surface area contributed by atoms with Gasteiger partial charge in [-0.2, -0.15) is 0 Å². The predicted octanol–water partition coefficient (Wildman–Crippen LogP) is 5.49. The third-order valence-electron chi connectivity index (χ3n) is 6.80. The molecule has 0 aliphatic carbocycles. The molecular weight excluding hydrogens is 530 g/mol. The molecule has 3 aromatic carbocycles. The summed E-state index contributed by atoms with van der Waals surface area (Å²) in [5, 5.41) is 7.42. The topological polar surface area (TPSA) is 97.0 Å². The summed E-state index contributed by atoms with van der Waals surface area (Å²) >= 11 is 0. The van der Waals surface area contributed by atoms with Gasteiger partial charge in [-0.3, -0.25) is 14.4 Å². The molecule has 8 heteroatoms. The van der Waals surface area contributed by atoms with Gasteiger partial charge in [0, 0.05) is 12.5 Å². The molecule has 1 atom stereocenters. The van der Waals surface area contributed by atoms with E-state index in [1.807, 2.05) is 91.0 Å². The van der Waals surface area contributed by atoms with Gasteiger partial charge in [0.05, 0.1) is 19.2 Å². The van der Waals surface area contributed by atoms with E-state index in [1.165, 1.54) is 11.1 Å². The largest absolute Gasteiger partial charge is 0.444 e. The third-order valence-corrected chi connectivity index (χ3v) is 6.80. The lowest BCUT2D eigenvalue weighted by Gasteiger charge is -2.37. The number of carbonyl (C=O) groups excluding carboxylic acids is 3. The highest BCUT2D eigenvalue weighted by Gasteiger charge is 2.37. The van der Waals surface area contributed by atoms with Crippen molar-refractivity contribution < 1.29 is 24.0 Å². The van der Waals surface area contributed by atoms with E-state index >= 15 is 0 Å². The van der Waals surface area contributed by atoms with Crippen molar-refractivity contribution in [3.05, 3.63) is 120 Å². The second-order valence-corrected chi connectivity index (χ2v) is 11.2. The Hall–Kier alpha value is -4.43. The lowest BCUT2D eigenvalue weighted by atomic mass is 9.77. The fourth-order valence-corrected chi connectivity index (χ4v) is 4.92. The van der Waals surface area contributed by atoms with Crippen molar-refractivity contribution in [1.29, 1.82) is 0 Å². The molecule has 0 radical (unpaired) electrons. The van der Waals surface area contributed by atoms with Crippen LogP contribution in [0.3, 0.4) is 0 Å². The Morgan fingerprint density at radius 3 is 1.86 bits per heavy atom. The predicted molar refractivity (Wildman–Crippen MR) is 161 cm³/mol. The zero-order valence-corrected chi connectivity index (χ0v) is 24.4. The smallest absolute Gasteiger partial charge is 0.408 e. The van der Waals surface area contributed by atoms with Gasteiger partial charge in [-0.25, -0.2) is 9.86 Å². The van der Waals surface area contributed by atoms with Crippen LogP contribution in [0.5, 0.6) is 0 Å². The zero-order valence-electron chi connectivity index (χ0n) is 24.4. The number of hydrogen-bond acceptors (Lipinski definition) is 5. The minimum atomic E-state index is -0.951. The first-order chi connectivity index (χ1) is 20.2. The zero-order chi connectivity index (χ0) is 30.0. The molecule has 0 aromatic heterocycles. The molecule has 42 heavy (non-hydrogen) atoms. The molecule has 1 saturated heterocycles. The maximum atomic E-state index is 13.8. The quantitative estimate of drug-likeness (QED) is 0.249. The van der Waals surface area contributed by atoms with Crippen LogP contribution in [0.15, 0.2) is 103 Å². The Labute approximate surface area is 247 Å². The first-order valence-corrected chi connectivity index (χ1v) is 14.3. The summed E-state index contributed by atoms with van der Waals surface area (Å²) < 4.78 is 5.43. The van der Waals surface area contributed by atoms with E-state index in [0.717, 1.165) is 23.1 Å². The lowest BCUT2D eigenvalue weighted by molar-refractivity contribution is -0.162. The van der Waals surface area contributed by atoms with Crippen LogP contribution in [-0.2, 0) is 24.7 Å². The van der Waals surface area contributed by atoms with Gasteiger partial charge in [0.1, 0.15) is 11.1 Å². The van der Waals surface area contributed by atoms with Crippen molar-refractivity contribution in [1.82, 2.24) is 15.7 Å².